The molecule has 0 fully saturated rings. The molecule has 1 aromatic rings. The fourth-order valence-electron chi connectivity index (χ4n) is 2.54. The molecule has 0 radical (unpaired) electrons. The lowest BCUT2D eigenvalue weighted by Crippen LogP contribution is -2.42. The summed E-state index contributed by atoms with van der Waals surface area (Å²) in [7, 11) is 4.06. The Balaban J connectivity index is 2.58. The molecule has 0 unspecified atom stereocenters. The highest BCUT2D eigenvalue weighted by Crippen LogP contribution is 2.40. The van der Waals surface area contributed by atoms with Crippen LogP contribution < -0.4 is 10.2 Å². The van der Waals surface area contributed by atoms with E-state index >= 15 is 0 Å². The van der Waals surface area contributed by atoms with Crippen LogP contribution >= 0.6 is 11.6 Å². The topological polar surface area (TPSA) is 15.3 Å². The third-order valence-electron chi connectivity index (χ3n) is 3.75. The van der Waals surface area contributed by atoms with Crippen LogP contribution in [-0.2, 0) is 6.54 Å². The van der Waals surface area contributed by atoms with Gasteiger partial charge in [0.2, 0.25) is 0 Å². The minimum Gasteiger partial charge on any atom is -0.365 e. The van der Waals surface area contributed by atoms with E-state index in [1.54, 1.807) is 0 Å². The van der Waals surface area contributed by atoms with Gasteiger partial charge >= 0.3 is 0 Å². The van der Waals surface area contributed by atoms with Crippen LogP contribution in [0, 0.1) is 0 Å². The first-order valence-electron chi connectivity index (χ1n) is 6.27. The highest BCUT2D eigenvalue weighted by Gasteiger charge is 2.28. The predicted molar refractivity (Wildman–Crippen MR) is 80.3 cm³/mol. The molecule has 1 aliphatic heterocycles. The van der Waals surface area contributed by atoms with E-state index in [1.165, 1.54) is 16.8 Å². The van der Waals surface area contributed by atoms with Gasteiger partial charge in [-0.1, -0.05) is 17.7 Å². The largest absolute Gasteiger partial charge is 0.365 e. The Morgan fingerprint density at radius 3 is 2.61 bits per heavy atom. The van der Waals surface area contributed by atoms with Gasteiger partial charge in [0.15, 0.2) is 0 Å². The molecular formula is C15H21ClN2. The van der Waals surface area contributed by atoms with Gasteiger partial charge in [0.25, 0.3) is 0 Å². The van der Waals surface area contributed by atoms with Crippen LogP contribution in [0.5, 0.6) is 0 Å². The molecule has 0 aliphatic carbocycles. The summed E-state index contributed by atoms with van der Waals surface area (Å²) in [5.41, 5.74) is 5.00. The molecule has 1 aliphatic rings. The molecule has 1 N–H and O–H groups in total. The second-order valence-corrected chi connectivity index (χ2v) is 5.94. The van der Waals surface area contributed by atoms with Crippen molar-refractivity contribution in [2.24, 2.45) is 0 Å². The molecule has 0 atom stereocenters. The fourth-order valence-corrected chi connectivity index (χ4v) is 2.77. The number of hydrogen-bond donors (Lipinski definition) is 1. The van der Waals surface area contributed by atoms with Gasteiger partial charge in [-0.05, 0) is 51.1 Å². The normalized spacial score (nSPS) is 17.4. The summed E-state index contributed by atoms with van der Waals surface area (Å²) in [5.74, 6) is 0. The fraction of sp³-hybridized carbons (Fsp3) is 0.467. The number of allylic oxidation sites excluding steroid dienone is 1. The Morgan fingerprint density at radius 1 is 1.33 bits per heavy atom. The van der Waals surface area contributed by atoms with Gasteiger partial charge in [-0.15, -0.1) is 0 Å². The summed E-state index contributed by atoms with van der Waals surface area (Å²) in [6.45, 7) is 7.40. The van der Waals surface area contributed by atoms with Crippen molar-refractivity contribution in [1.29, 1.82) is 0 Å². The zero-order valence-electron chi connectivity index (χ0n) is 11.8. The standard InChI is InChI=1S/C15H21ClN2/c1-10-8-15(2,3)18(5)14-7-13(16)11(9-17-4)6-12(10)14/h6-8,17H,9H2,1-5H3. The molecule has 1 aromatic carbocycles. The van der Waals surface area contributed by atoms with E-state index in [0.29, 0.717) is 0 Å². The number of nitrogens with one attached hydrogen (secondary N) is 1. The summed E-state index contributed by atoms with van der Waals surface area (Å²) in [6.07, 6.45) is 2.31. The Kier molecular flexibility index (Phi) is 3.43. The third kappa shape index (κ3) is 2.15. The lowest BCUT2D eigenvalue weighted by Gasteiger charge is -2.41. The van der Waals surface area contributed by atoms with E-state index in [1.807, 2.05) is 7.05 Å². The smallest absolute Gasteiger partial charge is 0.0531 e. The lowest BCUT2D eigenvalue weighted by atomic mass is 9.88. The predicted octanol–water partition coefficient (Wildman–Crippen LogP) is 3.69. The van der Waals surface area contributed by atoms with Crippen LogP contribution in [0.25, 0.3) is 5.57 Å². The zero-order chi connectivity index (χ0) is 13.5. The Hall–Kier alpha value is -0.990. The van der Waals surface area contributed by atoms with Crippen LogP contribution in [0.15, 0.2) is 18.2 Å². The van der Waals surface area contributed by atoms with Crippen molar-refractivity contribution in [3.05, 3.63) is 34.4 Å². The second kappa shape index (κ2) is 4.60. The first-order valence-corrected chi connectivity index (χ1v) is 6.65. The van der Waals surface area contributed by atoms with Crippen LogP contribution in [-0.4, -0.2) is 19.6 Å². The van der Waals surface area contributed by atoms with Crippen molar-refractivity contribution in [3.8, 4) is 0 Å². The first kappa shape index (κ1) is 13.4. The summed E-state index contributed by atoms with van der Waals surface area (Å²) in [6, 6.07) is 4.29. The van der Waals surface area contributed by atoms with E-state index in [9.17, 15) is 0 Å². The zero-order valence-corrected chi connectivity index (χ0v) is 12.5. The maximum atomic E-state index is 6.36. The maximum Gasteiger partial charge on any atom is 0.0531 e. The minimum absolute atomic E-state index is 0.0327. The van der Waals surface area contributed by atoms with E-state index < -0.39 is 0 Å². The minimum atomic E-state index is 0.0327. The molecule has 18 heavy (non-hydrogen) atoms. The van der Waals surface area contributed by atoms with Crippen LogP contribution in [0.2, 0.25) is 5.02 Å². The molecule has 0 saturated carbocycles. The lowest BCUT2D eigenvalue weighted by molar-refractivity contribution is 0.597. The Bertz CT molecular complexity index is 503. The monoisotopic (exact) mass is 264 g/mol. The molecule has 3 heteroatoms. The number of nitrogens with zero attached hydrogens (tertiary/aromatic N) is 1. The molecule has 0 aromatic heterocycles. The van der Waals surface area contributed by atoms with Gasteiger partial charge in [-0.25, -0.2) is 0 Å². The van der Waals surface area contributed by atoms with Gasteiger partial charge in [-0.3, -0.25) is 0 Å². The van der Waals surface area contributed by atoms with Crippen LogP contribution in [0.3, 0.4) is 0 Å². The molecule has 0 spiro atoms. The van der Waals surface area contributed by atoms with Crippen molar-refractivity contribution in [1.82, 2.24) is 5.32 Å². The van der Waals surface area contributed by atoms with Crippen molar-refractivity contribution < 1.29 is 0 Å². The Morgan fingerprint density at radius 2 is 2.00 bits per heavy atom. The summed E-state index contributed by atoms with van der Waals surface area (Å²) < 4.78 is 0. The molecule has 2 rings (SSSR count). The average molecular weight is 265 g/mol. The number of halogens is 1. The molecule has 0 amide bonds. The molecule has 2 nitrogen and oxygen atoms in total. The van der Waals surface area contributed by atoms with E-state index in [2.05, 4.69) is 56.2 Å². The third-order valence-corrected chi connectivity index (χ3v) is 4.10. The van der Waals surface area contributed by atoms with Crippen molar-refractivity contribution in [3.63, 3.8) is 0 Å². The molecular weight excluding hydrogens is 244 g/mol. The molecule has 0 bridgehead atoms. The summed E-state index contributed by atoms with van der Waals surface area (Å²) >= 11 is 6.36. The highest BCUT2D eigenvalue weighted by atomic mass is 35.5. The van der Waals surface area contributed by atoms with Gasteiger partial charge < -0.3 is 10.2 Å². The van der Waals surface area contributed by atoms with E-state index in [4.69, 9.17) is 11.6 Å². The Labute approximate surface area is 115 Å². The average Bonchev–Trinajstić information content (AvgIpc) is 2.28. The number of hydrogen-bond acceptors (Lipinski definition) is 2. The van der Waals surface area contributed by atoms with Crippen LogP contribution in [0.1, 0.15) is 31.9 Å². The van der Waals surface area contributed by atoms with Gasteiger partial charge in [0.05, 0.1) is 5.54 Å². The number of benzene rings is 1. The van der Waals surface area contributed by atoms with E-state index in [0.717, 1.165) is 17.1 Å². The van der Waals surface area contributed by atoms with Gasteiger partial charge in [0, 0.05) is 29.9 Å². The highest BCUT2D eigenvalue weighted by molar-refractivity contribution is 6.31. The maximum absolute atomic E-state index is 6.36. The number of likely N-dealkylation sites (N-methyl/N-ethyl adjacent to an activating group) is 1. The first-order chi connectivity index (χ1) is 8.36. The molecule has 0 saturated heterocycles. The van der Waals surface area contributed by atoms with Gasteiger partial charge in [0.1, 0.15) is 0 Å². The SMILES string of the molecule is CNCc1cc2c(cc1Cl)N(C)C(C)(C)C=C2C. The second-order valence-electron chi connectivity index (χ2n) is 5.53. The van der Waals surface area contributed by atoms with Crippen molar-refractivity contribution >= 4 is 22.9 Å². The number of fused-ring (bicyclic) bond motifs is 1. The summed E-state index contributed by atoms with van der Waals surface area (Å²) in [4.78, 5) is 2.28. The molecule has 1 heterocycles. The van der Waals surface area contributed by atoms with Gasteiger partial charge in [-0.2, -0.15) is 0 Å². The van der Waals surface area contributed by atoms with Crippen molar-refractivity contribution in [2.45, 2.75) is 32.9 Å². The molecule has 98 valence electrons. The quantitative estimate of drug-likeness (QED) is 0.876. The number of rotatable bonds is 2. The van der Waals surface area contributed by atoms with E-state index in [-0.39, 0.29) is 5.54 Å². The summed E-state index contributed by atoms with van der Waals surface area (Å²) in [5, 5.41) is 3.99. The number of anilines is 1. The van der Waals surface area contributed by atoms with Crippen LogP contribution in [0.4, 0.5) is 5.69 Å². The van der Waals surface area contributed by atoms with Crippen molar-refractivity contribution in [2.75, 3.05) is 19.0 Å².